The predicted octanol–water partition coefficient (Wildman–Crippen LogP) is 0.871. The van der Waals surface area contributed by atoms with Crippen LogP contribution in [-0.4, -0.2) is 24.1 Å². The van der Waals surface area contributed by atoms with Crippen LogP contribution in [0.25, 0.3) is 0 Å². The van der Waals surface area contributed by atoms with Crippen LogP contribution in [0.4, 0.5) is 0 Å². The van der Waals surface area contributed by atoms with E-state index in [-0.39, 0.29) is 5.91 Å². The monoisotopic (exact) mass is 153 g/mol. The highest BCUT2D eigenvalue weighted by Crippen LogP contribution is 2.19. The van der Waals surface area contributed by atoms with Crippen molar-refractivity contribution in [3.8, 4) is 0 Å². The normalized spacial score (nSPS) is 24.5. The van der Waals surface area contributed by atoms with Gasteiger partial charge in [-0.05, 0) is 18.4 Å². The zero-order valence-electron chi connectivity index (χ0n) is 6.38. The quantitative estimate of drug-likeness (QED) is 0.483. The summed E-state index contributed by atoms with van der Waals surface area (Å²) in [6.07, 6.45) is 4.75. The molecule has 2 aliphatic rings. The van der Waals surface area contributed by atoms with E-state index in [0.29, 0.717) is 19.6 Å². The fraction of sp³-hybridized carbons (Fsp3) is 0.625. The van der Waals surface area contributed by atoms with Crippen LogP contribution in [0.3, 0.4) is 0 Å². The largest absolute Gasteiger partial charge is 0.273 e. The first-order valence-electron chi connectivity index (χ1n) is 3.97. The van der Waals surface area contributed by atoms with Crippen LogP contribution in [0.5, 0.6) is 0 Å². The fourth-order valence-electron chi connectivity index (χ4n) is 1.47. The van der Waals surface area contributed by atoms with Gasteiger partial charge in [0, 0.05) is 6.42 Å². The van der Waals surface area contributed by atoms with Crippen molar-refractivity contribution in [3.63, 3.8) is 0 Å². The van der Waals surface area contributed by atoms with Gasteiger partial charge in [-0.1, -0.05) is 6.08 Å². The Morgan fingerprint density at radius 3 is 3.27 bits per heavy atom. The summed E-state index contributed by atoms with van der Waals surface area (Å²) in [5, 5.41) is 1.49. The van der Waals surface area contributed by atoms with Crippen molar-refractivity contribution in [2.24, 2.45) is 0 Å². The molecule has 0 aromatic heterocycles. The van der Waals surface area contributed by atoms with Crippen LogP contribution >= 0.6 is 0 Å². The molecule has 1 saturated heterocycles. The lowest BCUT2D eigenvalue weighted by Crippen LogP contribution is -2.33. The summed E-state index contributed by atoms with van der Waals surface area (Å²) in [5.74, 6) is 0.133. The maximum atomic E-state index is 11.2. The van der Waals surface area contributed by atoms with E-state index in [4.69, 9.17) is 4.84 Å². The molecule has 11 heavy (non-hydrogen) atoms. The summed E-state index contributed by atoms with van der Waals surface area (Å²) in [5.41, 5.74) is 1.35. The van der Waals surface area contributed by atoms with Crippen LogP contribution < -0.4 is 0 Å². The Kier molecular flexibility index (Phi) is 1.66. The van der Waals surface area contributed by atoms with E-state index in [0.717, 1.165) is 12.8 Å². The number of rotatable bonds is 0. The zero-order valence-corrected chi connectivity index (χ0v) is 6.38. The Labute approximate surface area is 65.6 Å². The molecule has 0 unspecified atom stereocenters. The summed E-state index contributed by atoms with van der Waals surface area (Å²) in [4.78, 5) is 16.3. The average molecular weight is 153 g/mol. The number of carbonyl (C=O) groups excluding carboxylic acids is 1. The van der Waals surface area contributed by atoms with Gasteiger partial charge < -0.3 is 0 Å². The van der Waals surface area contributed by atoms with E-state index in [1.165, 1.54) is 10.6 Å². The van der Waals surface area contributed by atoms with E-state index in [2.05, 4.69) is 6.08 Å². The van der Waals surface area contributed by atoms with Gasteiger partial charge in [0.25, 0.3) is 0 Å². The SMILES string of the molecule is O=C1CCCC2=CCON1C2. The molecule has 1 amide bonds. The smallest absolute Gasteiger partial charge is 0.246 e. The molecular weight excluding hydrogens is 142 g/mol. The van der Waals surface area contributed by atoms with Crippen LogP contribution in [-0.2, 0) is 9.63 Å². The van der Waals surface area contributed by atoms with E-state index < -0.39 is 0 Å². The Morgan fingerprint density at radius 1 is 1.45 bits per heavy atom. The van der Waals surface area contributed by atoms with Crippen molar-refractivity contribution < 1.29 is 9.63 Å². The highest BCUT2D eigenvalue weighted by Gasteiger charge is 2.22. The molecule has 0 radical (unpaired) electrons. The Hall–Kier alpha value is -0.830. The number of amides is 1. The van der Waals surface area contributed by atoms with Crippen molar-refractivity contribution in [1.82, 2.24) is 5.06 Å². The first kappa shape index (κ1) is 6.85. The minimum atomic E-state index is 0.133. The average Bonchev–Trinajstić information content (AvgIpc) is 2.14. The van der Waals surface area contributed by atoms with E-state index in [1.54, 1.807) is 0 Å². The summed E-state index contributed by atoms with van der Waals surface area (Å²) in [6, 6.07) is 0. The van der Waals surface area contributed by atoms with Gasteiger partial charge in [-0.25, -0.2) is 5.06 Å². The second-order valence-corrected chi connectivity index (χ2v) is 2.94. The van der Waals surface area contributed by atoms with Crippen molar-refractivity contribution in [2.75, 3.05) is 13.2 Å². The van der Waals surface area contributed by atoms with Crippen molar-refractivity contribution >= 4 is 5.91 Å². The van der Waals surface area contributed by atoms with Gasteiger partial charge in [0.05, 0.1) is 13.2 Å². The third-order valence-electron chi connectivity index (χ3n) is 2.12. The molecule has 0 spiro atoms. The first-order chi connectivity index (χ1) is 5.36. The Balaban J connectivity index is 2.19. The van der Waals surface area contributed by atoms with Crippen LogP contribution in [0, 0.1) is 0 Å². The van der Waals surface area contributed by atoms with Gasteiger partial charge in [-0.15, -0.1) is 0 Å². The van der Waals surface area contributed by atoms with E-state index in [9.17, 15) is 4.79 Å². The molecule has 3 heteroatoms. The first-order valence-corrected chi connectivity index (χ1v) is 3.97. The molecule has 60 valence electrons. The summed E-state index contributed by atoms with van der Waals surface area (Å²) >= 11 is 0. The van der Waals surface area contributed by atoms with Crippen LogP contribution in [0.1, 0.15) is 19.3 Å². The Morgan fingerprint density at radius 2 is 2.36 bits per heavy atom. The second-order valence-electron chi connectivity index (χ2n) is 2.94. The molecule has 2 bridgehead atoms. The topological polar surface area (TPSA) is 29.5 Å². The lowest BCUT2D eigenvalue weighted by molar-refractivity contribution is -0.181. The maximum absolute atomic E-state index is 11.2. The molecule has 3 nitrogen and oxygen atoms in total. The minimum absolute atomic E-state index is 0.133. The molecule has 1 fully saturated rings. The fourth-order valence-corrected chi connectivity index (χ4v) is 1.47. The molecule has 0 aromatic carbocycles. The van der Waals surface area contributed by atoms with Gasteiger partial charge in [-0.3, -0.25) is 9.63 Å². The molecular formula is C8H11NO2. The van der Waals surface area contributed by atoms with Crippen molar-refractivity contribution in [3.05, 3.63) is 11.6 Å². The zero-order chi connectivity index (χ0) is 7.68. The number of nitrogens with zero attached hydrogens (tertiary/aromatic N) is 1. The Bertz CT molecular complexity index is 210. The predicted molar refractivity (Wildman–Crippen MR) is 39.6 cm³/mol. The maximum Gasteiger partial charge on any atom is 0.246 e. The standard InChI is InChI=1S/C8H11NO2/c10-8-3-1-2-7-4-5-11-9(8)6-7/h4H,1-3,5-6H2. The number of hydrogen-bond acceptors (Lipinski definition) is 2. The highest BCUT2D eigenvalue weighted by atomic mass is 16.7. The molecule has 0 aliphatic carbocycles. The number of hydrogen-bond donors (Lipinski definition) is 0. The lowest BCUT2D eigenvalue weighted by Gasteiger charge is -2.23. The molecule has 2 heterocycles. The summed E-state index contributed by atoms with van der Waals surface area (Å²) in [7, 11) is 0. The number of hydroxylamine groups is 2. The van der Waals surface area contributed by atoms with Gasteiger partial charge in [0.1, 0.15) is 0 Å². The molecule has 0 saturated carbocycles. The summed E-state index contributed by atoms with van der Waals surface area (Å²) in [6.45, 7) is 1.26. The third-order valence-corrected chi connectivity index (χ3v) is 2.12. The third kappa shape index (κ3) is 1.28. The van der Waals surface area contributed by atoms with Crippen LogP contribution in [0.2, 0.25) is 0 Å². The molecule has 0 atom stereocenters. The van der Waals surface area contributed by atoms with Crippen molar-refractivity contribution in [2.45, 2.75) is 19.3 Å². The van der Waals surface area contributed by atoms with Gasteiger partial charge in [-0.2, -0.15) is 0 Å². The minimum Gasteiger partial charge on any atom is -0.273 e. The summed E-state index contributed by atoms with van der Waals surface area (Å²) < 4.78 is 0. The number of carbonyl (C=O) groups is 1. The van der Waals surface area contributed by atoms with E-state index >= 15 is 0 Å². The van der Waals surface area contributed by atoms with Gasteiger partial charge in [0.2, 0.25) is 5.91 Å². The molecule has 2 aliphatic heterocycles. The van der Waals surface area contributed by atoms with Gasteiger partial charge in [0.15, 0.2) is 0 Å². The molecule has 0 aromatic rings. The highest BCUT2D eigenvalue weighted by molar-refractivity contribution is 5.75. The number of fused-ring (bicyclic) bond motifs is 2. The second kappa shape index (κ2) is 2.66. The van der Waals surface area contributed by atoms with Crippen LogP contribution in [0.15, 0.2) is 11.6 Å². The molecule has 2 rings (SSSR count). The van der Waals surface area contributed by atoms with Gasteiger partial charge >= 0.3 is 0 Å². The lowest BCUT2D eigenvalue weighted by atomic mass is 10.1. The molecule has 0 N–H and O–H groups in total. The van der Waals surface area contributed by atoms with Crippen molar-refractivity contribution in [1.29, 1.82) is 0 Å². The van der Waals surface area contributed by atoms with E-state index in [1.807, 2.05) is 0 Å².